The molecule has 0 unspecified atom stereocenters. The molecule has 1 aromatic heterocycles. The minimum absolute atomic E-state index is 0.0527. The fourth-order valence-corrected chi connectivity index (χ4v) is 3.11. The van der Waals surface area contributed by atoms with E-state index in [1.165, 1.54) is 11.1 Å². The van der Waals surface area contributed by atoms with Gasteiger partial charge >= 0.3 is 0 Å². The van der Waals surface area contributed by atoms with Crippen LogP contribution in [0.3, 0.4) is 0 Å². The van der Waals surface area contributed by atoms with Crippen molar-refractivity contribution in [2.45, 2.75) is 45.9 Å². The third-order valence-electron chi connectivity index (χ3n) is 4.54. The number of hydrogen-bond acceptors (Lipinski definition) is 6. The molecule has 6 nitrogen and oxygen atoms in total. The van der Waals surface area contributed by atoms with Crippen LogP contribution in [0.4, 0.5) is 11.6 Å². The number of rotatable bonds is 5. The van der Waals surface area contributed by atoms with Crippen LogP contribution in [-0.4, -0.2) is 39.4 Å². The van der Waals surface area contributed by atoms with Crippen LogP contribution in [0.15, 0.2) is 24.3 Å². The third-order valence-corrected chi connectivity index (χ3v) is 4.54. The maximum Gasteiger partial charge on any atom is 0.134 e. The van der Waals surface area contributed by atoms with Crippen molar-refractivity contribution in [1.82, 2.24) is 9.97 Å². The number of hydrogen-bond donors (Lipinski definition) is 3. The molecule has 2 heterocycles. The summed E-state index contributed by atoms with van der Waals surface area (Å²) in [7, 11) is 0. The summed E-state index contributed by atoms with van der Waals surface area (Å²) in [6.07, 6.45) is 0.490. The van der Waals surface area contributed by atoms with Crippen LogP contribution in [0.2, 0.25) is 0 Å². The molecule has 3 N–H and O–H groups in total. The monoisotopic (exact) mass is 342 g/mol. The predicted octanol–water partition coefficient (Wildman–Crippen LogP) is 2.19. The molecule has 1 aromatic carbocycles. The van der Waals surface area contributed by atoms with Gasteiger partial charge in [-0.1, -0.05) is 18.2 Å². The van der Waals surface area contributed by atoms with Crippen molar-refractivity contribution in [3.8, 4) is 0 Å². The summed E-state index contributed by atoms with van der Waals surface area (Å²) in [5, 5.41) is 22.2. The quantitative estimate of drug-likeness (QED) is 0.773. The Morgan fingerprint density at radius 2 is 2.00 bits per heavy atom. The molecule has 0 amide bonds. The largest absolute Gasteiger partial charge is 0.394 e. The minimum Gasteiger partial charge on any atom is -0.394 e. The zero-order valence-corrected chi connectivity index (χ0v) is 15.0. The summed E-state index contributed by atoms with van der Waals surface area (Å²) in [4.78, 5) is 11.2. The second-order valence-electron chi connectivity index (χ2n) is 6.76. The van der Waals surface area contributed by atoms with Crippen LogP contribution < -0.4 is 10.2 Å². The number of fused-ring (bicyclic) bond motifs is 1. The molecular formula is C19H26N4O2. The summed E-state index contributed by atoms with van der Waals surface area (Å²) in [5.74, 6) is 2.34. The number of anilines is 2. The lowest BCUT2D eigenvalue weighted by molar-refractivity contribution is 0.199. The lowest BCUT2D eigenvalue weighted by atomic mass is 9.96. The van der Waals surface area contributed by atoms with E-state index in [1.807, 2.05) is 26.0 Å². The highest BCUT2D eigenvalue weighted by Crippen LogP contribution is 2.27. The number of nitrogens with one attached hydrogen (secondary N) is 1. The zero-order chi connectivity index (χ0) is 18.0. The van der Waals surface area contributed by atoms with Crippen molar-refractivity contribution in [3.05, 3.63) is 46.8 Å². The topological polar surface area (TPSA) is 81.5 Å². The van der Waals surface area contributed by atoms with Gasteiger partial charge in [0.05, 0.1) is 12.7 Å². The summed E-state index contributed by atoms with van der Waals surface area (Å²) in [6.45, 7) is 7.31. The second kappa shape index (κ2) is 7.37. The molecule has 6 heteroatoms. The number of aliphatic hydroxyl groups is 2. The van der Waals surface area contributed by atoms with E-state index in [4.69, 9.17) is 0 Å². The molecule has 1 aliphatic heterocycles. The van der Waals surface area contributed by atoms with Gasteiger partial charge in [0.25, 0.3) is 0 Å². The van der Waals surface area contributed by atoms with E-state index in [-0.39, 0.29) is 12.6 Å². The molecule has 0 bridgehead atoms. The standard InChI is InChI=1S/C19H26N4O2/c1-12(11-24)20-18-9-19(22-14(3)21-18)23-7-6-16-8-15(13(2)25)4-5-17(16)10-23/h4-5,8-9,12-13,24-25H,6-7,10-11H2,1-3H3,(H,20,21,22)/t12-,13+/m0/s1. The highest BCUT2D eigenvalue weighted by Gasteiger charge is 2.19. The maximum atomic E-state index is 9.76. The molecule has 2 aromatic rings. The van der Waals surface area contributed by atoms with Crippen molar-refractivity contribution < 1.29 is 10.2 Å². The average Bonchev–Trinajstić information content (AvgIpc) is 2.60. The Balaban J connectivity index is 1.81. The van der Waals surface area contributed by atoms with Gasteiger partial charge < -0.3 is 20.4 Å². The molecule has 0 aliphatic carbocycles. The van der Waals surface area contributed by atoms with E-state index in [1.54, 1.807) is 6.92 Å². The highest BCUT2D eigenvalue weighted by atomic mass is 16.3. The van der Waals surface area contributed by atoms with Gasteiger partial charge in [-0.2, -0.15) is 0 Å². The molecule has 1 aliphatic rings. The summed E-state index contributed by atoms with van der Waals surface area (Å²) < 4.78 is 0. The van der Waals surface area contributed by atoms with Gasteiger partial charge in [0.15, 0.2) is 0 Å². The molecule has 25 heavy (non-hydrogen) atoms. The van der Waals surface area contributed by atoms with Crippen molar-refractivity contribution in [2.24, 2.45) is 0 Å². The van der Waals surface area contributed by atoms with Crippen LogP contribution in [0, 0.1) is 6.92 Å². The van der Waals surface area contributed by atoms with Gasteiger partial charge in [0.2, 0.25) is 0 Å². The van der Waals surface area contributed by atoms with Crippen molar-refractivity contribution >= 4 is 11.6 Å². The molecule has 3 rings (SSSR count). The Bertz CT molecular complexity index is 748. The Hall–Kier alpha value is -2.18. The van der Waals surface area contributed by atoms with Gasteiger partial charge in [0.1, 0.15) is 17.5 Å². The molecule has 0 saturated carbocycles. The van der Waals surface area contributed by atoms with Crippen LogP contribution in [0.1, 0.15) is 42.5 Å². The molecule has 0 saturated heterocycles. The number of aromatic nitrogens is 2. The third kappa shape index (κ3) is 4.08. The molecular weight excluding hydrogens is 316 g/mol. The van der Waals surface area contributed by atoms with E-state index in [0.717, 1.165) is 36.7 Å². The van der Waals surface area contributed by atoms with Gasteiger partial charge in [-0.25, -0.2) is 9.97 Å². The SMILES string of the molecule is Cc1nc(N[C@@H](C)CO)cc(N2CCc3cc([C@@H](C)O)ccc3C2)n1. The van der Waals surface area contributed by atoms with E-state index in [9.17, 15) is 10.2 Å². The fraction of sp³-hybridized carbons (Fsp3) is 0.474. The molecule has 0 spiro atoms. The maximum absolute atomic E-state index is 9.76. The van der Waals surface area contributed by atoms with Gasteiger partial charge in [-0.15, -0.1) is 0 Å². The molecule has 0 fully saturated rings. The molecule has 0 radical (unpaired) electrons. The summed E-state index contributed by atoms with van der Waals surface area (Å²) >= 11 is 0. The Kier molecular flexibility index (Phi) is 5.20. The normalized spacial score (nSPS) is 16.3. The second-order valence-corrected chi connectivity index (χ2v) is 6.76. The van der Waals surface area contributed by atoms with E-state index in [2.05, 4.69) is 32.3 Å². The number of nitrogens with zero attached hydrogens (tertiary/aromatic N) is 3. The Morgan fingerprint density at radius 3 is 2.72 bits per heavy atom. The first-order valence-electron chi connectivity index (χ1n) is 8.74. The molecule has 134 valence electrons. The Morgan fingerprint density at radius 1 is 1.20 bits per heavy atom. The van der Waals surface area contributed by atoms with E-state index >= 15 is 0 Å². The smallest absolute Gasteiger partial charge is 0.134 e. The van der Waals surface area contributed by atoms with E-state index in [0.29, 0.717) is 5.82 Å². The van der Waals surface area contributed by atoms with Gasteiger partial charge in [-0.3, -0.25) is 0 Å². The minimum atomic E-state index is -0.435. The zero-order valence-electron chi connectivity index (χ0n) is 15.0. The first-order valence-corrected chi connectivity index (χ1v) is 8.74. The molecule has 2 atom stereocenters. The van der Waals surface area contributed by atoms with Crippen LogP contribution in [-0.2, 0) is 13.0 Å². The number of aryl methyl sites for hydroxylation is 1. The first kappa shape index (κ1) is 17.6. The lowest BCUT2D eigenvalue weighted by Gasteiger charge is -2.30. The van der Waals surface area contributed by atoms with Crippen molar-refractivity contribution in [1.29, 1.82) is 0 Å². The number of benzene rings is 1. The lowest BCUT2D eigenvalue weighted by Crippen LogP contribution is -2.31. The fourth-order valence-electron chi connectivity index (χ4n) is 3.11. The van der Waals surface area contributed by atoms with Crippen LogP contribution in [0.5, 0.6) is 0 Å². The number of aliphatic hydroxyl groups excluding tert-OH is 2. The van der Waals surface area contributed by atoms with Crippen molar-refractivity contribution in [2.75, 3.05) is 23.4 Å². The van der Waals surface area contributed by atoms with Crippen LogP contribution >= 0.6 is 0 Å². The first-order chi connectivity index (χ1) is 12.0. The highest BCUT2D eigenvalue weighted by molar-refractivity contribution is 5.52. The van der Waals surface area contributed by atoms with Crippen LogP contribution in [0.25, 0.3) is 0 Å². The Labute approximate surface area is 148 Å². The van der Waals surface area contributed by atoms with Crippen molar-refractivity contribution in [3.63, 3.8) is 0 Å². The average molecular weight is 342 g/mol. The van der Waals surface area contributed by atoms with Gasteiger partial charge in [-0.05, 0) is 43.9 Å². The summed E-state index contributed by atoms with van der Waals surface area (Å²) in [6, 6.07) is 8.09. The summed E-state index contributed by atoms with van der Waals surface area (Å²) in [5.41, 5.74) is 3.53. The predicted molar refractivity (Wildman–Crippen MR) is 98.8 cm³/mol. The van der Waals surface area contributed by atoms with Gasteiger partial charge in [0, 0.05) is 25.2 Å². The van der Waals surface area contributed by atoms with E-state index < -0.39 is 6.10 Å².